The molecule has 2 heterocycles. The Labute approximate surface area is 155 Å². The van der Waals surface area contributed by atoms with Crippen LogP contribution in [0.15, 0.2) is 33.9 Å². The Balaban J connectivity index is 1.64. The van der Waals surface area contributed by atoms with Crippen molar-refractivity contribution in [2.24, 2.45) is 0 Å². The normalized spacial score (nSPS) is 14.4. The molecule has 1 aliphatic rings. The molecule has 9 heteroatoms. The van der Waals surface area contributed by atoms with Gasteiger partial charge in [0.05, 0.1) is 17.5 Å². The van der Waals surface area contributed by atoms with Crippen molar-refractivity contribution in [3.8, 4) is 0 Å². The molecule has 2 aromatic rings. The highest BCUT2D eigenvalue weighted by atomic mass is 16.6. The first kappa shape index (κ1) is 18.7. The molecular formula is C18H22N4O5. The summed E-state index contributed by atoms with van der Waals surface area (Å²) in [6.45, 7) is 3.95. The van der Waals surface area contributed by atoms with Gasteiger partial charge in [0.1, 0.15) is 0 Å². The van der Waals surface area contributed by atoms with Gasteiger partial charge < -0.3 is 14.5 Å². The van der Waals surface area contributed by atoms with Gasteiger partial charge in [0.15, 0.2) is 0 Å². The fourth-order valence-corrected chi connectivity index (χ4v) is 3.18. The molecule has 27 heavy (non-hydrogen) atoms. The number of nitrogens with one attached hydrogen (secondary N) is 1. The molecule has 9 nitrogen and oxygen atoms in total. The summed E-state index contributed by atoms with van der Waals surface area (Å²) in [5, 5.41) is 0.410. The van der Waals surface area contributed by atoms with E-state index in [1.807, 2.05) is 0 Å². The van der Waals surface area contributed by atoms with Gasteiger partial charge in [-0.2, -0.15) is 0 Å². The van der Waals surface area contributed by atoms with E-state index in [0.717, 1.165) is 0 Å². The third-order valence-corrected chi connectivity index (χ3v) is 4.61. The number of piperazine rings is 1. The molecule has 1 aromatic carbocycles. The fraction of sp³-hybridized carbons (Fsp3) is 0.444. The van der Waals surface area contributed by atoms with Crippen LogP contribution in [0.2, 0.25) is 0 Å². The summed E-state index contributed by atoms with van der Waals surface area (Å²) in [7, 11) is 0. The molecule has 0 atom stereocenters. The van der Waals surface area contributed by atoms with E-state index in [1.165, 1.54) is 4.57 Å². The van der Waals surface area contributed by atoms with Gasteiger partial charge in [-0.3, -0.25) is 19.1 Å². The number of fused-ring (bicyclic) bond motifs is 1. The molecule has 1 saturated heterocycles. The van der Waals surface area contributed by atoms with Crippen molar-refractivity contribution in [2.75, 3.05) is 32.8 Å². The van der Waals surface area contributed by atoms with Gasteiger partial charge in [0.25, 0.3) is 5.56 Å². The number of aromatic amines is 1. The summed E-state index contributed by atoms with van der Waals surface area (Å²) in [4.78, 5) is 53.8. The first-order chi connectivity index (χ1) is 13.0. The van der Waals surface area contributed by atoms with Crippen molar-refractivity contribution in [3.63, 3.8) is 0 Å². The second-order valence-electron chi connectivity index (χ2n) is 6.24. The summed E-state index contributed by atoms with van der Waals surface area (Å²) in [5.41, 5.74) is -0.460. The maximum absolute atomic E-state index is 12.5. The molecule has 1 fully saturated rings. The van der Waals surface area contributed by atoms with Crippen LogP contribution in [-0.2, 0) is 16.1 Å². The summed E-state index contributed by atoms with van der Waals surface area (Å²) in [6.07, 6.45) is -0.231. The highest BCUT2D eigenvalue weighted by Gasteiger charge is 2.24. The van der Waals surface area contributed by atoms with Gasteiger partial charge in [-0.15, -0.1) is 0 Å². The van der Waals surface area contributed by atoms with Crippen LogP contribution in [0, 0.1) is 0 Å². The van der Waals surface area contributed by atoms with Crippen LogP contribution in [0.3, 0.4) is 0 Å². The highest BCUT2D eigenvalue weighted by Crippen LogP contribution is 2.09. The minimum Gasteiger partial charge on any atom is -0.450 e. The SMILES string of the molecule is CCOC(=O)N1CCN(C(=O)CCn2c(=O)[nH]c(=O)c3ccccc32)CC1. The number of benzene rings is 1. The predicted octanol–water partition coefficient (Wildman–Crippen LogP) is 0.381. The van der Waals surface area contributed by atoms with Gasteiger partial charge in [-0.05, 0) is 19.1 Å². The predicted molar refractivity (Wildman–Crippen MR) is 98.6 cm³/mol. The molecule has 0 saturated carbocycles. The van der Waals surface area contributed by atoms with E-state index in [0.29, 0.717) is 43.7 Å². The van der Waals surface area contributed by atoms with Gasteiger partial charge in [0.2, 0.25) is 5.91 Å². The number of nitrogens with zero attached hydrogens (tertiary/aromatic N) is 3. The second kappa shape index (κ2) is 8.07. The summed E-state index contributed by atoms with van der Waals surface area (Å²) < 4.78 is 6.37. The molecular weight excluding hydrogens is 352 g/mol. The molecule has 0 radical (unpaired) electrons. The Morgan fingerprint density at radius 2 is 1.74 bits per heavy atom. The lowest BCUT2D eigenvalue weighted by atomic mass is 10.2. The summed E-state index contributed by atoms with van der Waals surface area (Å²) in [6, 6.07) is 6.80. The summed E-state index contributed by atoms with van der Waals surface area (Å²) in [5.74, 6) is -0.0966. The van der Waals surface area contributed by atoms with Crippen LogP contribution in [-0.4, -0.2) is 64.1 Å². The van der Waals surface area contributed by atoms with E-state index in [1.54, 1.807) is 41.0 Å². The van der Waals surface area contributed by atoms with E-state index in [-0.39, 0.29) is 25.0 Å². The first-order valence-corrected chi connectivity index (χ1v) is 8.92. The van der Waals surface area contributed by atoms with Crippen LogP contribution < -0.4 is 11.2 Å². The lowest BCUT2D eigenvalue weighted by Gasteiger charge is -2.34. The number of ether oxygens (including phenoxy) is 1. The van der Waals surface area contributed by atoms with Crippen LogP contribution >= 0.6 is 0 Å². The number of rotatable bonds is 4. The Bertz CT molecular complexity index is 956. The Morgan fingerprint density at radius 3 is 2.44 bits per heavy atom. The maximum atomic E-state index is 12.5. The molecule has 3 rings (SSSR count). The summed E-state index contributed by atoms with van der Waals surface area (Å²) >= 11 is 0. The van der Waals surface area contributed by atoms with Gasteiger partial charge >= 0.3 is 11.8 Å². The number of hydrogen-bond acceptors (Lipinski definition) is 5. The molecule has 0 bridgehead atoms. The van der Waals surface area contributed by atoms with Crippen molar-refractivity contribution in [2.45, 2.75) is 19.9 Å². The highest BCUT2D eigenvalue weighted by molar-refractivity contribution is 5.79. The van der Waals surface area contributed by atoms with Crippen molar-refractivity contribution in [3.05, 3.63) is 45.1 Å². The second-order valence-corrected chi connectivity index (χ2v) is 6.24. The maximum Gasteiger partial charge on any atom is 0.409 e. The quantitative estimate of drug-likeness (QED) is 0.833. The van der Waals surface area contributed by atoms with Crippen LogP contribution in [0.4, 0.5) is 4.79 Å². The van der Waals surface area contributed by atoms with Crippen LogP contribution in [0.5, 0.6) is 0 Å². The number of amides is 2. The average Bonchev–Trinajstić information content (AvgIpc) is 2.68. The first-order valence-electron chi connectivity index (χ1n) is 8.92. The largest absolute Gasteiger partial charge is 0.450 e. The number of aryl methyl sites for hydroxylation is 1. The molecule has 1 aromatic heterocycles. The number of carbonyl (C=O) groups excluding carboxylic acids is 2. The van der Waals surface area contributed by atoms with E-state index >= 15 is 0 Å². The van der Waals surface area contributed by atoms with Gasteiger partial charge in [-0.25, -0.2) is 9.59 Å². The zero-order valence-electron chi connectivity index (χ0n) is 15.1. The van der Waals surface area contributed by atoms with Crippen molar-refractivity contribution in [1.82, 2.24) is 19.4 Å². The Hall–Kier alpha value is -3.10. The molecule has 0 spiro atoms. The molecule has 1 N–H and O–H groups in total. The third kappa shape index (κ3) is 4.02. The average molecular weight is 374 g/mol. The molecule has 1 aliphatic heterocycles. The molecule has 2 amide bonds. The Kier molecular flexibility index (Phi) is 5.58. The number of para-hydroxylation sites is 1. The lowest BCUT2D eigenvalue weighted by Crippen LogP contribution is -2.51. The number of H-pyrrole nitrogens is 1. The zero-order valence-corrected chi connectivity index (χ0v) is 15.1. The number of aromatic nitrogens is 2. The van der Waals surface area contributed by atoms with Crippen molar-refractivity contribution < 1.29 is 14.3 Å². The van der Waals surface area contributed by atoms with E-state index in [2.05, 4.69) is 4.98 Å². The van der Waals surface area contributed by atoms with Gasteiger partial charge in [-0.1, -0.05) is 12.1 Å². The Morgan fingerprint density at radius 1 is 1.07 bits per heavy atom. The lowest BCUT2D eigenvalue weighted by molar-refractivity contribution is -0.133. The number of carbonyl (C=O) groups is 2. The van der Waals surface area contributed by atoms with Crippen molar-refractivity contribution >= 4 is 22.9 Å². The molecule has 0 unspecified atom stereocenters. The molecule has 0 aliphatic carbocycles. The number of hydrogen-bond donors (Lipinski definition) is 1. The monoisotopic (exact) mass is 374 g/mol. The van der Waals surface area contributed by atoms with E-state index < -0.39 is 11.2 Å². The van der Waals surface area contributed by atoms with E-state index in [9.17, 15) is 19.2 Å². The minimum absolute atomic E-state index is 0.0966. The van der Waals surface area contributed by atoms with Crippen LogP contribution in [0.1, 0.15) is 13.3 Å². The standard InChI is InChI=1S/C18H22N4O5/c1-2-27-18(26)21-11-9-20(10-12-21)15(23)7-8-22-14-6-4-3-5-13(14)16(24)19-17(22)25/h3-6H,2,7-12H2,1H3,(H,19,24,25). The van der Waals surface area contributed by atoms with Gasteiger partial charge in [0, 0.05) is 39.1 Å². The smallest absolute Gasteiger partial charge is 0.409 e. The molecule has 144 valence electrons. The fourth-order valence-electron chi connectivity index (χ4n) is 3.18. The zero-order chi connectivity index (χ0) is 19.4. The van der Waals surface area contributed by atoms with E-state index in [4.69, 9.17) is 4.74 Å². The topological polar surface area (TPSA) is 105 Å². The van der Waals surface area contributed by atoms with Crippen molar-refractivity contribution in [1.29, 1.82) is 0 Å². The third-order valence-electron chi connectivity index (χ3n) is 4.61. The minimum atomic E-state index is -0.529. The van der Waals surface area contributed by atoms with Crippen LogP contribution in [0.25, 0.3) is 10.9 Å².